The van der Waals surface area contributed by atoms with Crippen molar-refractivity contribution in [3.05, 3.63) is 35.4 Å². The number of hydrogen-bond acceptors (Lipinski definition) is 4. The van der Waals surface area contributed by atoms with E-state index in [0.29, 0.717) is 13.0 Å². The van der Waals surface area contributed by atoms with Gasteiger partial charge in [-0.05, 0) is 17.5 Å². The molecule has 0 radical (unpaired) electrons. The second kappa shape index (κ2) is 5.71. The Hall–Kier alpha value is -1.40. The number of rotatable bonds is 4. The molecule has 6 heteroatoms. The van der Waals surface area contributed by atoms with E-state index in [9.17, 15) is 13.2 Å². The summed E-state index contributed by atoms with van der Waals surface area (Å²) in [4.78, 5) is 11.9. The van der Waals surface area contributed by atoms with Crippen molar-refractivity contribution in [2.45, 2.75) is 19.0 Å². The van der Waals surface area contributed by atoms with E-state index >= 15 is 0 Å². The van der Waals surface area contributed by atoms with Crippen LogP contribution < -0.4 is 10.6 Å². The standard InChI is InChI=1S/C13H18N2O3S/c1-19(17,18)7-6-14-13(16)12-8-10-4-2-3-5-11(10)9-15-12/h2-5,12,15H,6-9H2,1H3,(H,14,16)/t12-/m1/s1. The Morgan fingerprint density at radius 1 is 1.37 bits per heavy atom. The van der Waals surface area contributed by atoms with E-state index in [0.717, 1.165) is 6.26 Å². The SMILES string of the molecule is CS(=O)(=O)CCNC(=O)[C@H]1Cc2ccccc2CN1. The summed E-state index contributed by atoms with van der Waals surface area (Å²) in [5.41, 5.74) is 2.38. The Balaban J connectivity index is 1.89. The van der Waals surface area contributed by atoms with Crippen LogP contribution in [0.3, 0.4) is 0 Å². The van der Waals surface area contributed by atoms with E-state index in [1.54, 1.807) is 0 Å². The minimum Gasteiger partial charge on any atom is -0.354 e. The molecule has 1 aliphatic heterocycles. The summed E-state index contributed by atoms with van der Waals surface area (Å²) in [6.07, 6.45) is 1.80. The molecule has 1 aromatic carbocycles. The molecule has 1 aliphatic rings. The van der Waals surface area contributed by atoms with Crippen LogP contribution in [0, 0.1) is 0 Å². The number of amides is 1. The van der Waals surface area contributed by atoms with E-state index in [4.69, 9.17) is 0 Å². The normalized spacial score (nSPS) is 18.7. The molecule has 0 unspecified atom stereocenters. The maximum atomic E-state index is 11.9. The number of carbonyl (C=O) groups is 1. The van der Waals surface area contributed by atoms with Gasteiger partial charge >= 0.3 is 0 Å². The number of fused-ring (bicyclic) bond motifs is 1. The van der Waals surface area contributed by atoms with Crippen LogP contribution in [0.1, 0.15) is 11.1 Å². The first kappa shape index (κ1) is 14.0. The first-order chi connectivity index (χ1) is 8.96. The van der Waals surface area contributed by atoms with Crippen LogP contribution in [0.25, 0.3) is 0 Å². The summed E-state index contributed by atoms with van der Waals surface area (Å²) in [6.45, 7) is 0.831. The van der Waals surface area contributed by atoms with Crippen LogP contribution in [0.15, 0.2) is 24.3 Å². The van der Waals surface area contributed by atoms with E-state index < -0.39 is 9.84 Å². The summed E-state index contributed by atoms with van der Waals surface area (Å²) in [7, 11) is -3.03. The molecule has 0 bridgehead atoms. The molecule has 0 spiro atoms. The second-order valence-electron chi connectivity index (χ2n) is 4.83. The Kier molecular flexibility index (Phi) is 4.21. The van der Waals surface area contributed by atoms with Gasteiger partial charge in [-0.3, -0.25) is 4.79 Å². The fourth-order valence-corrected chi connectivity index (χ4v) is 2.60. The zero-order valence-corrected chi connectivity index (χ0v) is 11.7. The molecular weight excluding hydrogens is 264 g/mol. The molecule has 19 heavy (non-hydrogen) atoms. The first-order valence-corrected chi connectivity index (χ1v) is 8.27. The number of sulfone groups is 1. The lowest BCUT2D eigenvalue weighted by atomic mass is 9.95. The molecule has 0 fully saturated rings. The van der Waals surface area contributed by atoms with Crippen molar-refractivity contribution in [2.75, 3.05) is 18.6 Å². The largest absolute Gasteiger partial charge is 0.354 e. The van der Waals surface area contributed by atoms with Crippen molar-refractivity contribution in [2.24, 2.45) is 0 Å². The fraction of sp³-hybridized carbons (Fsp3) is 0.462. The maximum absolute atomic E-state index is 11.9. The Morgan fingerprint density at radius 2 is 2.05 bits per heavy atom. The molecular formula is C13H18N2O3S. The van der Waals surface area contributed by atoms with E-state index in [1.807, 2.05) is 24.3 Å². The average Bonchev–Trinajstić information content (AvgIpc) is 2.36. The molecule has 1 amide bonds. The van der Waals surface area contributed by atoms with Gasteiger partial charge < -0.3 is 10.6 Å². The van der Waals surface area contributed by atoms with Crippen molar-refractivity contribution in [1.82, 2.24) is 10.6 Å². The summed E-state index contributed by atoms with van der Waals surface area (Å²) in [5, 5.41) is 5.82. The maximum Gasteiger partial charge on any atom is 0.237 e. The second-order valence-corrected chi connectivity index (χ2v) is 7.09. The lowest BCUT2D eigenvalue weighted by Crippen LogP contribution is -2.48. The van der Waals surface area contributed by atoms with Crippen LogP contribution in [-0.2, 0) is 27.6 Å². The van der Waals surface area contributed by atoms with Crippen LogP contribution in [0.2, 0.25) is 0 Å². The predicted octanol–water partition coefficient (Wildman–Crippen LogP) is -0.138. The Bertz CT molecular complexity index is 569. The molecule has 0 aromatic heterocycles. The fourth-order valence-electron chi connectivity index (χ4n) is 2.12. The number of nitrogens with one attached hydrogen (secondary N) is 2. The van der Waals surface area contributed by atoms with Crippen LogP contribution >= 0.6 is 0 Å². The van der Waals surface area contributed by atoms with Crippen molar-refractivity contribution in [3.8, 4) is 0 Å². The molecule has 1 heterocycles. The molecule has 0 aliphatic carbocycles. The quantitative estimate of drug-likeness (QED) is 0.806. The monoisotopic (exact) mass is 282 g/mol. The van der Waals surface area contributed by atoms with Crippen molar-refractivity contribution < 1.29 is 13.2 Å². The summed E-state index contributed by atoms with van der Waals surface area (Å²) < 4.78 is 22.0. The zero-order chi connectivity index (χ0) is 13.9. The first-order valence-electron chi connectivity index (χ1n) is 6.21. The molecule has 2 rings (SSSR count). The summed E-state index contributed by atoms with van der Waals surface area (Å²) >= 11 is 0. The smallest absolute Gasteiger partial charge is 0.237 e. The van der Waals surface area contributed by atoms with Gasteiger partial charge in [-0.1, -0.05) is 24.3 Å². The molecule has 2 N–H and O–H groups in total. The molecule has 0 saturated heterocycles. The Morgan fingerprint density at radius 3 is 2.74 bits per heavy atom. The van der Waals surface area contributed by atoms with Gasteiger partial charge in [0.15, 0.2) is 0 Å². The van der Waals surface area contributed by atoms with Crippen molar-refractivity contribution in [3.63, 3.8) is 0 Å². The van der Waals surface area contributed by atoms with Gasteiger partial charge in [0.2, 0.25) is 5.91 Å². The highest BCUT2D eigenvalue weighted by Gasteiger charge is 2.23. The van der Waals surface area contributed by atoms with Gasteiger partial charge in [-0.15, -0.1) is 0 Å². The van der Waals surface area contributed by atoms with Gasteiger partial charge in [0.1, 0.15) is 9.84 Å². The topological polar surface area (TPSA) is 75.3 Å². The minimum atomic E-state index is -3.03. The number of hydrogen-bond donors (Lipinski definition) is 2. The van der Waals surface area contributed by atoms with Gasteiger partial charge in [-0.2, -0.15) is 0 Å². The highest BCUT2D eigenvalue weighted by atomic mass is 32.2. The third kappa shape index (κ3) is 4.04. The van der Waals surface area contributed by atoms with Gasteiger partial charge in [-0.25, -0.2) is 8.42 Å². The number of benzene rings is 1. The third-order valence-electron chi connectivity index (χ3n) is 3.17. The van der Waals surface area contributed by atoms with Gasteiger partial charge in [0, 0.05) is 19.3 Å². The number of carbonyl (C=O) groups excluding carboxylic acids is 1. The zero-order valence-electron chi connectivity index (χ0n) is 10.8. The minimum absolute atomic E-state index is 0.0257. The molecule has 5 nitrogen and oxygen atoms in total. The lowest BCUT2D eigenvalue weighted by molar-refractivity contribution is -0.123. The molecule has 1 atom stereocenters. The summed E-state index contributed by atoms with van der Waals surface area (Å²) in [5.74, 6) is -0.166. The highest BCUT2D eigenvalue weighted by Crippen LogP contribution is 2.16. The molecule has 1 aromatic rings. The molecule has 0 saturated carbocycles. The van der Waals surface area contributed by atoms with E-state index in [2.05, 4.69) is 10.6 Å². The Labute approximate surface area is 113 Å². The average molecular weight is 282 g/mol. The van der Waals surface area contributed by atoms with Crippen molar-refractivity contribution in [1.29, 1.82) is 0 Å². The van der Waals surface area contributed by atoms with Crippen LogP contribution in [0.5, 0.6) is 0 Å². The van der Waals surface area contributed by atoms with Gasteiger partial charge in [0.25, 0.3) is 0 Å². The highest BCUT2D eigenvalue weighted by molar-refractivity contribution is 7.90. The van der Waals surface area contributed by atoms with Crippen molar-refractivity contribution >= 4 is 15.7 Å². The molecule has 104 valence electrons. The lowest BCUT2D eigenvalue weighted by Gasteiger charge is -2.25. The van der Waals surface area contributed by atoms with E-state index in [-0.39, 0.29) is 24.2 Å². The predicted molar refractivity (Wildman–Crippen MR) is 73.5 cm³/mol. The van der Waals surface area contributed by atoms with Crippen LogP contribution in [0.4, 0.5) is 0 Å². The third-order valence-corrected chi connectivity index (χ3v) is 4.12. The van der Waals surface area contributed by atoms with Gasteiger partial charge in [0.05, 0.1) is 11.8 Å². The summed E-state index contributed by atoms with van der Waals surface area (Å²) in [6, 6.07) is 7.72. The van der Waals surface area contributed by atoms with Crippen LogP contribution in [-0.4, -0.2) is 38.9 Å². The van der Waals surface area contributed by atoms with E-state index in [1.165, 1.54) is 11.1 Å².